The van der Waals surface area contributed by atoms with E-state index in [1.54, 1.807) is 20.3 Å². The highest BCUT2D eigenvalue weighted by atomic mass is 35.5. The molecule has 0 amide bonds. The van der Waals surface area contributed by atoms with Crippen LogP contribution in [0.25, 0.3) is 0 Å². The Kier molecular flexibility index (Phi) is 4.91. The highest BCUT2D eigenvalue weighted by molar-refractivity contribution is 6.31. The average molecular weight is 286 g/mol. The Hall–Kier alpha value is -0.970. The van der Waals surface area contributed by atoms with E-state index in [4.69, 9.17) is 31.5 Å². The molecule has 5 heteroatoms. The maximum absolute atomic E-state index is 6.32. The Labute approximate surface area is 118 Å². The van der Waals surface area contributed by atoms with Crippen molar-refractivity contribution in [2.24, 2.45) is 11.7 Å². The minimum absolute atomic E-state index is 0.146. The van der Waals surface area contributed by atoms with Gasteiger partial charge in [0.1, 0.15) is 0 Å². The number of rotatable bonds is 4. The quantitative estimate of drug-likeness (QED) is 0.924. The number of nitrogens with two attached hydrogens (primary N) is 1. The first-order valence-electron chi connectivity index (χ1n) is 6.42. The molecule has 0 bridgehead atoms. The zero-order chi connectivity index (χ0) is 13.8. The first-order valence-corrected chi connectivity index (χ1v) is 6.80. The lowest BCUT2D eigenvalue weighted by Gasteiger charge is -2.28. The van der Waals surface area contributed by atoms with Crippen molar-refractivity contribution in [3.63, 3.8) is 0 Å². The molecule has 2 unspecified atom stereocenters. The van der Waals surface area contributed by atoms with Crippen molar-refractivity contribution in [3.05, 3.63) is 22.7 Å². The first kappa shape index (κ1) is 14.4. The average Bonchev–Trinajstić information content (AvgIpc) is 2.47. The van der Waals surface area contributed by atoms with Gasteiger partial charge in [-0.2, -0.15) is 0 Å². The fraction of sp³-hybridized carbons (Fsp3) is 0.571. The lowest BCUT2D eigenvalue weighted by atomic mass is 9.89. The van der Waals surface area contributed by atoms with Crippen LogP contribution in [-0.2, 0) is 4.74 Å². The predicted molar refractivity (Wildman–Crippen MR) is 75.0 cm³/mol. The van der Waals surface area contributed by atoms with E-state index in [0.717, 1.165) is 25.0 Å². The van der Waals surface area contributed by atoms with E-state index in [2.05, 4.69) is 0 Å². The molecule has 1 aliphatic heterocycles. The van der Waals surface area contributed by atoms with Crippen molar-refractivity contribution in [1.82, 2.24) is 0 Å². The van der Waals surface area contributed by atoms with Gasteiger partial charge in [-0.3, -0.25) is 0 Å². The van der Waals surface area contributed by atoms with Crippen molar-refractivity contribution < 1.29 is 14.2 Å². The summed E-state index contributed by atoms with van der Waals surface area (Å²) < 4.78 is 16.0. The first-order chi connectivity index (χ1) is 9.17. The number of benzene rings is 1. The van der Waals surface area contributed by atoms with E-state index >= 15 is 0 Å². The van der Waals surface area contributed by atoms with Gasteiger partial charge in [0, 0.05) is 29.7 Å². The van der Waals surface area contributed by atoms with Crippen molar-refractivity contribution >= 4 is 11.6 Å². The fourth-order valence-electron chi connectivity index (χ4n) is 2.43. The van der Waals surface area contributed by atoms with Crippen LogP contribution in [0.4, 0.5) is 0 Å². The summed E-state index contributed by atoms with van der Waals surface area (Å²) in [5, 5.41) is 0.607. The van der Waals surface area contributed by atoms with Gasteiger partial charge in [0.2, 0.25) is 0 Å². The van der Waals surface area contributed by atoms with Gasteiger partial charge in [-0.1, -0.05) is 11.6 Å². The molecule has 0 saturated carbocycles. The van der Waals surface area contributed by atoms with Gasteiger partial charge in [-0.25, -0.2) is 0 Å². The monoisotopic (exact) mass is 285 g/mol. The molecule has 1 aromatic carbocycles. The van der Waals surface area contributed by atoms with Crippen molar-refractivity contribution in [3.8, 4) is 11.5 Å². The topological polar surface area (TPSA) is 53.7 Å². The van der Waals surface area contributed by atoms with E-state index < -0.39 is 0 Å². The van der Waals surface area contributed by atoms with E-state index in [1.807, 2.05) is 6.07 Å². The van der Waals surface area contributed by atoms with Gasteiger partial charge in [0.05, 0.1) is 20.8 Å². The van der Waals surface area contributed by atoms with Gasteiger partial charge in [-0.15, -0.1) is 0 Å². The van der Waals surface area contributed by atoms with Crippen LogP contribution >= 0.6 is 11.6 Å². The molecule has 1 heterocycles. The number of halogens is 1. The second-order valence-electron chi connectivity index (χ2n) is 4.73. The van der Waals surface area contributed by atoms with Crippen LogP contribution in [0.1, 0.15) is 24.4 Å². The van der Waals surface area contributed by atoms with E-state index in [0.29, 0.717) is 29.0 Å². The molecule has 2 rings (SSSR count). The summed E-state index contributed by atoms with van der Waals surface area (Å²) >= 11 is 6.29. The van der Waals surface area contributed by atoms with Crippen LogP contribution in [0.3, 0.4) is 0 Å². The minimum Gasteiger partial charge on any atom is -0.493 e. The van der Waals surface area contributed by atoms with Gasteiger partial charge >= 0.3 is 0 Å². The van der Waals surface area contributed by atoms with Crippen LogP contribution in [-0.4, -0.2) is 27.4 Å². The molecule has 1 fully saturated rings. The Balaban J connectivity index is 2.27. The van der Waals surface area contributed by atoms with Gasteiger partial charge in [0.15, 0.2) is 11.5 Å². The van der Waals surface area contributed by atoms with Gasteiger partial charge in [0.25, 0.3) is 0 Å². The van der Waals surface area contributed by atoms with Crippen LogP contribution < -0.4 is 15.2 Å². The molecular weight excluding hydrogens is 266 g/mol. The lowest BCUT2D eigenvalue weighted by molar-refractivity contribution is 0.0447. The number of hydrogen-bond acceptors (Lipinski definition) is 4. The van der Waals surface area contributed by atoms with Crippen molar-refractivity contribution in [1.29, 1.82) is 0 Å². The summed E-state index contributed by atoms with van der Waals surface area (Å²) in [4.78, 5) is 0. The second-order valence-corrected chi connectivity index (χ2v) is 5.14. The maximum atomic E-state index is 6.32. The Morgan fingerprint density at radius 3 is 2.58 bits per heavy atom. The standard InChI is InChI=1S/C14H20ClNO3/c1-17-12-6-10(11(15)7-13(12)18-2)14(16)9-4-3-5-19-8-9/h6-7,9,14H,3-5,8,16H2,1-2H3. The molecule has 2 atom stereocenters. The third-order valence-corrected chi connectivity index (χ3v) is 3.89. The predicted octanol–water partition coefficient (Wildman–Crippen LogP) is 2.78. The third-order valence-electron chi connectivity index (χ3n) is 3.57. The second kappa shape index (κ2) is 6.46. The SMILES string of the molecule is COc1cc(Cl)c(C(N)C2CCCOC2)cc1OC. The maximum Gasteiger partial charge on any atom is 0.162 e. The van der Waals surface area contributed by atoms with Gasteiger partial charge in [-0.05, 0) is 24.5 Å². The number of ether oxygens (including phenoxy) is 3. The zero-order valence-electron chi connectivity index (χ0n) is 11.3. The summed E-state index contributed by atoms with van der Waals surface area (Å²) in [5.41, 5.74) is 7.21. The van der Waals surface area contributed by atoms with Crippen LogP contribution in [0.5, 0.6) is 11.5 Å². The lowest BCUT2D eigenvalue weighted by Crippen LogP contribution is -2.29. The molecule has 1 aromatic rings. The summed E-state index contributed by atoms with van der Waals surface area (Å²) in [6, 6.07) is 3.47. The molecule has 19 heavy (non-hydrogen) atoms. The molecule has 106 valence electrons. The normalized spacial score (nSPS) is 20.9. The zero-order valence-corrected chi connectivity index (χ0v) is 12.1. The molecule has 0 radical (unpaired) electrons. The molecule has 0 spiro atoms. The van der Waals surface area contributed by atoms with Crippen LogP contribution in [0.2, 0.25) is 5.02 Å². The molecule has 4 nitrogen and oxygen atoms in total. The third kappa shape index (κ3) is 3.14. The molecule has 0 aliphatic carbocycles. The van der Waals surface area contributed by atoms with Crippen molar-refractivity contribution in [2.45, 2.75) is 18.9 Å². The molecule has 0 aromatic heterocycles. The van der Waals surface area contributed by atoms with E-state index in [9.17, 15) is 0 Å². The van der Waals surface area contributed by atoms with E-state index in [1.165, 1.54) is 0 Å². The Bertz CT molecular complexity index is 433. The fourth-order valence-corrected chi connectivity index (χ4v) is 2.71. The number of hydrogen-bond donors (Lipinski definition) is 1. The van der Waals surface area contributed by atoms with Crippen LogP contribution in [0.15, 0.2) is 12.1 Å². The number of methoxy groups -OCH3 is 2. The highest BCUT2D eigenvalue weighted by Gasteiger charge is 2.25. The smallest absolute Gasteiger partial charge is 0.162 e. The van der Waals surface area contributed by atoms with Crippen molar-refractivity contribution in [2.75, 3.05) is 27.4 Å². The van der Waals surface area contributed by atoms with Gasteiger partial charge < -0.3 is 19.9 Å². The molecule has 1 aliphatic rings. The van der Waals surface area contributed by atoms with Crippen LogP contribution in [0, 0.1) is 5.92 Å². The summed E-state index contributed by atoms with van der Waals surface area (Å²) in [6.45, 7) is 1.51. The molecule has 1 saturated heterocycles. The largest absolute Gasteiger partial charge is 0.493 e. The molecule has 2 N–H and O–H groups in total. The summed E-state index contributed by atoms with van der Waals surface area (Å²) in [6.07, 6.45) is 2.11. The Morgan fingerprint density at radius 1 is 1.32 bits per heavy atom. The highest BCUT2D eigenvalue weighted by Crippen LogP contribution is 2.38. The summed E-state index contributed by atoms with van der Waals surface area (Å²) in [7, 11) is 3.19. The summed E-state index contributed by atoms with van der Waals surface area (Å²) in [5.74, 6) is 1.56. The molecular formula is C14H20ClNO3. The minimum atomic E-state index is -0.146. The Morgan fingerprint density at radius 2 is 2.00 bits per heavy atom. The van der Waals surface area contributed by atoms with E-state index in [-0.39, 0.29) is 6.04 Å².